The van der Waals surface area contributed by atoms with E-state index in [1.807, 2.05) is 37.8 Å². The number of pyridine rings is 1. The number of aromatic nitrogens is 3. The minimum Gasteiger partial charge on any atom is -0.368 e. The van der Waals surface area contributed by atoms with Gasteiger partial charge < -0.3 is 10.2 Å². The quantitative estimate of drug-likeness (QED) is 0.883. The fourth-order valence-corrected chi connectivity index (χ4v) is 2.17. The predicted molar refractivity (Wildman–Crippen MR) is 85.2 cm³/mol. The van der Waals surface area contributed by atoms with E-state index in [2.05, 4.69) is 41.1 Å². The van der Waals surface area contributed by atoms with Crippen molar-refractivity contribution in [2.24, 2.45) is 0 Å². The zero-order valence-electron chi connectivity index (χ0n) is 13.2. The maximum atomic E-state index is 4.70. The molecule has 0 spiro atoms. The molecule has 2 rings (SSSR count). The van der Waals surface area contributed by atoms with Crippen molar-refractivity contribution in [3.63, 3.8) is 0 Å². The van der Waals surface area contributed by atoms with Crippen LogP contribution in [0.4, 0.5) is 5.69 Å². The lowest BCUT2D eigenvalue weighted by Crippen LogP contribution is -2.21. The van der Waals surface area contributed by atoms with Gasteiger partial charge in [0.15, 0.2) is 0 Å². The van der Waals surface area contributed by atoms with Crippen LogP contribution >= 0.6 is 0 Å². The maximum absolute atomic E-state index is 4.70. The molecule has 0 atom stereocenters. The van der Waals surface area contributed by atoms with Crippen molar-refractivity contribution >= 4 is 5.69 Å². The Morgan fingerprint density at radius 2 is 1.95 bits per heavy atom. The van der Waals surface area contributed by atoms with Crippen LogP contribution in [0.2, 0.25) is 0 Å². The number of hydrogen-bond acceptors (Lipinski definition) is 5. The molecule has 1 N–H and O–H groups in total. The van der Waals surface area contributed by atoms with Crippen molar-refractivity contribution in [2.75, 3.05) is 19.0 Å². The van der Waals surface area contributed by atoms with E-state index in [1.165, 1.54) is 5.56 Å². The predicted octanol–water partition coefficient (Wildman–Crippen LogP) is 2.35. The van der Waals surface area contributed by atoms with Gasteiger partial charge in [-0.15, -0.1) is 0 Å². The van der Waals surface area contributed by atoms with Gasteiger partial charge >= 0.3 is 0 Å². The van der Waals surface area contributed by atoms with Crippen LogP contribution in [-0.4, -0.2) is 29.0 Å². The summed E-state index contributed by atoms with van der Waals surface area (Å²) in [6.07, 6.45) is 5.56. The number of rotatable bonds is 6. The SMILES string of the molecule is CNCc1nc(C(C)C)ncc1N(C)Cc1ccncc1. The van der Waals surface area contributed by atoms with Crippen LogP contribution in [0, 0.1) is 0 Å². The second kappa shape index (κ2) is 7.13. The van der Waals surface area contributed by atoms with Crippen LogP contribution in [0.25, 0.3) is 0 Å². The first kappa shape index (κ1) is 15.4. The molecule has 0 amide bonds. The lowest BCUT2D eigenvalue weighted by atomic mass is 10.2. The Morgan fingerprint density at radius 3 is 2.57 bits per heavy atom. The lowest BCUT2D eigenvalue weighted by molar-refractivity contribution is 0.719. The standard InChI is InChI=1S/C16H23N5/c1-12(2)16-19-10-15(14(20-16)9-17-3)21(4)11-13-5-7-18-8-6-13/h5-8,10,12,17H,9,11H2,1-4H3. The monoisotopic (exact) mass is 285 g/mol. The Morgan fingerprint density at radius 1 is 1.24 bits per heavy atom. The average Bonchev–Trinajstić information content (AvgIpc) is 2.48. The molecule has 0 aromatic carbocycles. The van der Waals surface area contributed by atoms with Crippen molar-refractivity contribution in [1.29, 1.82) is 0 Å². The van der Waals surface area contributed by atoms with Crippen LogP contribution in [0.1, 0.15) is 36.8 Å². The van der Waals surface area contributed by atoms with Gasteiger partial charge in [0.05, 0.1) is 17.6 Å². The van der Waals surface area contributed by atoms with Crippen molar-refractivity contribution in [3.05, 3.63) is 47.8 Å². The molecule has 0 bridgehead atoms. The summed E-state index contributed by atoms with van der Waals surface area (Å²) < 4.78 is 0. The van der Waals surface area contributed by atoms with E-state index in [0.29, 0.717) is 5.92 Å². The van der Waals surface area contributed by atoms with Crippen molar-refractivity contribution < 1.29 is 0 Å². The van der Waals surface area contributed by atoms with Crippen molar-refractivity contribution in [2.45, 2.75) is 32.9 Å². The van der Waals surface area contributed by atoms with E-state index in [1.54, 1.807) is 0 Å². The fourth-order valence-electron chi connectivity index (χ4n) is 2.17. The van der Waals surface area contributed by atoms with Gasteiger partial charge in [-0.3, -0.25) is 4.98 Å². The smallest absolute Gasteiger partial charge is 0.131 e. The highest BCUT2D eigenvalue weighted by Crippen LogP contribution is 2.21. The van der Waals surface area contributed by atoms with E-state index in [9.17, 15) is 0 Å². The second-order valence-corrected chi connectivity index (χ2v) is 5.46. The first-order valence-electron chi connectivity index (χ1n) is 7.22. The number of anilines is 1. The molecule has 2 aromatic rings. The van der Waals surface area contributed by atoms with Crippen LogP contribution in [0.15, 0.2) is 30.7 Å². The number of hydrogen-bond donors (Lipinski definition) is 1. The Hall–Kier alpha value is -2.01. The lowest BCUT2D eigenvalue weighted by Gasteiger charge is -2.22. The van der Waals surface area contributed by atoms with Gasteiger partial charge in [-0.1, -0.05) is 13.8 Å². The van der Waals surface area contributed by atoms with Crippen molar-refractivity contribution in [3.8, 4) is 0 Å². The van der Waals surface area contributed by atoms with Crippen LogP contribution < -0.4 is 10.2 Å². The van der Waals surface area contributed by atoms with Gasteiger partial charge in [0.25, 0.3) is 0 Å². The molecule has 0 radical (unpaired) electrons. The molecule has 0 saturated heterocycles. The highest BCUT2D eigenvalue weighted by atomic mass is 15.1. The van der Waals surface area contributed by atoms with Gasteiger partial charge in [0, 0.05) is 38.4 Å². The summed E-state index contributed by atoms with van der Waals surface area (Å²) >= 11 is 0. The van der Waals surface area contributed by atoms with Gasteiger partial charge in [0.1, 0.15) is 5.82 Å². The van der Waals surface area contributed by atoms with E-state index in [0.717, 1.165) is 30.3 Å². The van der Waals surface area contributed by atoms with E-state index < -0.39 is 0 Å². The van der Waals surface area contributed by atoms with Crippen molar-refractivity contribution in [1.82, 2.24) is 20.3 Å². The molecule has 2 heterocycles. The molecule has 0 aliphatic carbocycles. The summed E-state index contributed by atoms with van der Waals surface area (Å²) in [5, 5.41) is 3.18. The van der Waals surface area contributed by atoms with Gasteiger partial charge in [-0.25, -0.2) is 9.97 Å². The van der Waals surface area contributed by atoms with Crippen LogP contribution in [0.3, 0.4) is 0 Å². The molecule has 0 fully saturated rings. The summed E-state index contributed by atoms with van der Waals surface area (Å²) in [6.45, 7) is 5.76. The molecule has 21 heavy (non-hydrogen) atoms. The molecule has 5 nitrogen and oxygen atoms in total. The van der Waals surface area contributed by atoms with Crippen LogP contribution in [-0.2, 0) is 13.1 Å². The summed E-state index contributed by atoms with van der Waals surface area (Å²) in [6, 6.07) is 4.05. The zero-order chi connectivity index (χ0) is 15.2. The van der Waals surface area contributed by atoms with E-state index in [-0.39, 0.29) is 0 Å². The molecular formula is C16H23N5. The summed E-state index contributed by atoms with van der Waals surface area (Å²) in [5.74, 6) is 1.22. The molecule has 2 aromatic heterocycles. The molecule has 5 heteroatoms. The van der Waals surface area contributed by atoms with E-state index in [4.69, 9.17) is 4.98 Å². The molecule has 0 saturated carbocycles. The van der Waals surface area contributed by atoms with E-state index >= 15 is 0 Å². The second-order valence-electron chi connectivity index (χ2n) is 5.46. The minimum absolute atomic E-state index is 0.333. The van der Waals surface area contributed by atoms with Gasteiger partial charge in [-0.2, -0.15) is 0 Å². The molecule has 112 valence electrons. The molecule has 0 unspecified atom stereocenters. The Labute approximate surface area is 126 Å². The first-order chi connectivity index (χ1) is 10.1. The Balaban J connectivity index is 2.24. The third-order valence-electron chi connectivity index (χ3n) is 3.31. The molecular weight excluding hydrogens is 262 g/mol. The average molecular weight is 285 g/mol. The fraction of sp³-hybridized carbons (Fsp3) is 0.438. The van der Waals surface area contributed by atoms with Gasteiger partial charge in [-0.05, 0) is 24.7 Å². The number of nitrogens with zero attached hydrogens (tertiary/aromatic N) is 4. The minimum atomic E-state index is 0.333. The largest absolute Gasteiger partial charge is 0.368 e. The number of nitrogens with one attached hydrogen (secondary N) is 1. The summed E-state index contributed by atoms with van der Waals surface area (Å²) in [5.41, 5.74) is 3.31. The zero-order valence-corrected chi connectivity index (χ0v) is 13.2. The third kappa shape index (κ3) is 3.98. The topological polar surface area (TPSA) is 53.9 Å². The summed E-state index contributed by atoms with van der Waals surface area (Å²) in [7, 11) is 4.00. The summed E-state index contributed by atoms with van der Waals surface area (Å²) in [4.78, 5) is 15.4. The Bertz CT molecular complexity index is 568. The maximum Gasteiger partial charge on any atom is 0.131 e. The molecule has 0 aliphatic heterocycles. The van der Waals surface area contributed by atoms with Crippen LogP contribution in [0.5, 0.6) is 0 Å². The normalized spacial score (nSPS) is 10.9. The highest BCUT2D eigenvalue weighted by molar-refractivity contribution is 5.49. The highest BCUT2D eigenvalue weighted by Gasteiger charge is 2.12. The third-order valence-corrected chi connectivity index (χ3v) is 3.31. The first-order valence-corrected chi connectivity index (χ1v) is 7.22. The Kier molecular flexibility index (Phi) is 5.22. The van der Waals surface area contributed by atoms with Gasteiger partial charge in [0.2, 0.25) is 0 Å². The molecule has 0 aliphatic rings.